The first kappa shape index (κ1) is 36.1. The number of hydrogen-bond acceptors (Lipinski definition) is 6. The Bertz CT molecular complexity index is 2150. The van der Waals surface area contributed by atoms with Crippen molar-refractivity contribution < 1.29 is 55.3 Å². The number of imide groups is 1. The first-order valence-electron chi connectivity index (χ1n) is 15.4. The quantitative estimate of drug-likeness (QED) is 0.107. The maximum atomic E-state index is 13.3. The molecular formula is C37H26F6N2O6S. The minimum absolute atomic E-state index is 0.0284. The molecular weight excluding hydrogens is 714 g/mol. The van der Waals surface area contributed by atoms with E-state index in [0.29, 0.717) is 52.4 Å². The minimum atomic E-state index is -5.01. The van der Waals surface area contributed by atoms with E-state index in [0.717, 1.165) is 22.0 Å². The van der Waals surface area contributed by atoms with Crippen molar-refractivity contribution in [3.8, 4) is 11.5 Å². The molecule has 0 bridgehead atoms. The van der Waals surface area contributed by atoms with Crippen molar-refractivity contribution >= 4 is 45.9 Å². The molecule has 0 atom stereocenters. The number of halogens is 6. The fourth-order valence-corrected chi connectivity index (χ4v) is 6.23. The van der Waals surface area contributed by atoms with Crippen LogP contribution in [0.15, 0.2) is 102 Å². The second kappa shape index (κ2) is 14.5. The molecule has 0 radical (unpaired) electrons. The third kappa shape index (κ3) is 8.42. The monoisotopic (exact) mass is 740 g/mol. The molecule has 0 saturated carbocycles. The Kier molecular flexibility index (Phi) is 10.1. The molecule has 15 heteroatoms. The van der Waals surface area contributed by atoms with Gasteiger partial charge in [-0.25, -0.2) is 0 Å². The molecule has 0 spiro atoms. The second-order valence-electron chi connectivity index (χ2n) is 11.7. The standard InChI is InChI=1S/C37H26F6N2O6S/c38-36(39,40)26-14-27(37(41,42)43)16-30(15-26)51-21-24-8-6-22(7-9-24)18-44-28(17-32-34(48)45(19-33(46)47)35(49)52-32)12-25-13-29(10-11-31(25)44)50-20-23-4-2-1-3-5-23/h1-17H,18-21H2,(H,46,47). The van der Waals surface area contributed by atoms with Crippen LogP contribution in [0.4, 0.5) is 31.1 Å². The van der Waals surface area contributed by atoms with Crippen LogP contribution >= 0.6 is 11.8 Å². The third-order valence-corrected chi connectivity index (χ3v) is 8.84. The Balaban J connectivity index is 1.26. The first-order chi connectivity index (χ1) is 24.6. The van der Waals surface area contributed by atoms with Gasteiger partial charge >= 0.3 is 18.3 Å². The molecule has 8 nitrogen and oxygen atoms in total. The number of carbonyl (C=O) groups is 3. The Morgan fingerprint density at radius 2 is 1.33 bits per heavy atom. The van der Waals surface area contributed by atoms with Crippen LogP contribution in [0, 0.1) is 0 Å². The zero-order valence-electron chi connectivity index (χ0n) is 26.7. The highest BCUT2D eigenvalue weighted by Crippen LogP contribution is 2.39. The maximum absolute atomic E-state index is 13.3. The number of fused-ring (bicyclic) bond motifs is 1. The second-order valence-corrected chi connectivity index (χ2v) is 12.7. The van der Waals surface area contributed by atoms with Crippen molar-refractivity contribution in [2.45, 2.75) is 32.1 Å². The summed E-state index contributed by atoms with van der Waals surface area (Å²) in [5.74, 6) is -2.09. The summed E-state index contributed by atoms with van der Waals surface area (Å²) in [6.07, 6.45) is -8.51. The molecule has 1 fully saturated rings. The Hall–Kier alpha value is -5.70. The summed E-state index contributed by atoms with van der Waals surface area (Å²) in [5, 5.41) is 9.17. The number of hydrogen-bond donors (Lipinski definition) is 1. The minimum Gasteiger partial charge on any atom is -0.489 e. The largest absolute Gasteiger partial charge is 0.489 e. The average molecular weight is 741 g/mol. The van der Waals surface area contributed by atoms with Crippen LogP contribution in [0.2, 0.25) is 0 Å². The van der Waals surface area contributed by atoms with Gasteiger partial charge in [0.2, 0.25) is 0 Å². The van der Waals surface area contributed by atoms with Crippen LogP contribution in [-0.2, 0) is 41.7 Å². The molecule has 1 aromatic heterocycles. The number of benzene rings is 4. The van der Waals surface area contributed by atoms with Gasteiger partial charge in [0, 0.05) is 23.1 Å². The summed E-state index contributed by atoms with van der Waals surface area (Å²) in [7, 11) is 0. The lowest BCUT2D eigenvalue weighted by atomic mass is 10.1. The summed E-state index contributed by atoms with van der Waals surface area (Å²) in [6, 6.07) is 24.5. The van der Waals surface area contributed by atoms with Crippen molar-refractivity contribution in [3.63, 3.8) is 0 Å². The van der Waals surface area contributed by atoms with Crippen LogP contribution in [-0.4, -0.2) is 38.2 Å². The zero-order chi connectivity index (χ0) is 37.2. The fourth-order valence-electron chi connectivity index (χ4n) is 5.40. The van der Waals surface area contributed by atoms with E-state index in [1.807, 2.05) is 47.0 Å². The normalized spacial score (nSPS) is 14.4. The molecule has 52 heavy (non-hydrogen) atoms. The lowest BCUT2D eigenvalue weighted by Gasteiger charge is -2.15. The number of carboxylic acids is 1. The molecule has 0 unspecified atom stereocenters. The number of ether oxygens (including phenoxy) is 2. The molecule has 1 aliphatic rings. The summed E-state index contributed by atoms with van der Waals surface area (Å²) in [4.78, 5) is 37.3. The molecule has 2 amide bonds. The highest BCUT2D eigenvalue weighted by Gasteiger charge is 2.38. The van der Waals surface area contributed by atoms with Crippen LogP contribution < -0.4 is 9.47 Å². The summed E-state index contributed by atoms with van der Waals surface area (Å²) in [5.41, 5.74) is 0.465. The number of rotatable bonds is 11. The number of thioether (sulfide) groups is 1. The van der Waals surface area contributed by atoms with E-state index in [9.17, 15) is 40.7 Å². The van der Waals surface area contributed by atoms with Crippen LogP contribution in [0.3, 0.4) is 0 Å². The first-order valence-corrected chi connectivity index (χ1v) is 16.2. The Morgan fingerprint density at radius 1 is 0.731 bits per heavy atom. The number of amides is 2. The topological polar surface area (TPSA) is 98.1 Å². The molecule has 6 rings (SSSR count). The number of nitrogens with zero attached hydrogens (tertiary/aromatic N) is 2. The van der Waals surface area contributed by atoms with Crippen molar-refractivity contribution in [1.82, 2.24) is 9.47 Å². The van der Waals surface area contributed by atoms with E-state index in [2.05, 4.69) is 0 Å². The zero-order valence-corrected chi connectivity index (χ0v) is 27.5. The fraction of sp³-hybridized carbons (Fsp3) is 0.162. The molecule has 1 aliphatic heterocycles. The van der Waals surface area contributed by atoms with Crippen molar-refractivity contribution in [1.29, 1.82) is 0 Å². The van der Waals surface area contributed by atoms with Crippen LogP contribution in [0.5, 0.6) is 11.5 Å². The molecule has 1 N–H and O–H groups in total. The van der Waals surface area contributed by atoms with Crippen molar-refractivity contribution in [2.24, 2.45) is 0 Å². The van der Waals surface area contributed by atoms with E-state index >= 15 is 0 Å². The number of alkyl halides is 6. The van der Waals surface area contributed by atoms with Gasteiger partial charge < -0.3 is 19.1 Å². The lowest BCUT2D eigenvalue weighted by molar-refractivity contribution is -0.143. The molecule has 5 aromatic rings. The Morgan fingerprint density at radius 3 is 1.94 bits per heavy atom. The molecule has 2 heterocycles. The summed E-state index contributed by atoms with van der Waals surface area (Å²) >= 11 is 0.621. The predicted octanol–water partition coefficient (Wildman–Crippen LogP) is 9.01. The molecule has 4 aromatic carbocycles. The highest BCUT2D eigenvalue weighted by atomic mass is 32.2. The molecule has 1 saturated heterocycles. The van der Waals surface area contributed by atoms with Crippen LogP contribution in [0.1, 0.15) is 33.5 Å². The van der Waals surface area contributed by atoms with Gasteiger partial charge in [0.1, 0.15) is 31.3 Å². The van der Waals surface area contributed by atoms with Crippen LogP contribution in [0.25, 0.3) is 17.0 Å². The van der Waals surface area contributed by atoms with Gasteiger partial charge in [-0.15, -0.1) is 0 Å². The van der Waals surface area contributed by atoms with E-state index < -0.39 is 52.9 Å². The lowest BCUT2D eigenvalue weighted by Crippen LogP contribution is -2.33. The average Bonchev–Trinajstić information content (AvgIpc) is 3.56. The highest BCUT2D eigenvalue weighted by molar-refractivity contribution is 8.18. The van der Waals surface area contributed by atoms with Crippen molar-refractivity contribution in [2.75, 3.05) is 6.54 Å². The summed E-state index contributed by atoms with van der Waals surface area (Å²) in [6.45, 7) is -0.527. The third-order valence-electron chi connectivity index (χ3n) is 7.93. The van der Waals surface area contributed by atoms with E-state index in [1.165, 1.54) is 6.08 Å². The van der Waals surface area contributed by atoms with Gasteiger partial charge in [-0.05, 0) is 77.0 Å². The van der Waals surface area contributed by atoms with Gasteiger partial charge in [-0.3, -0.25) is 19.3 Å². The number of aliphatic carboxylic acids is 1. The van der Waals surface area contributed by atoms with Gasteiger partial charge in [0.05, 0.1) is 16.0 Å². The molecule has 268 valence electrons. The van der Waals surface area contributed by atoms with Gasteiger partial charge in [-0.2, -0.15) is 26.3 Å². The number of carbonyl (C=O) groups excluding carboxylic acids is 2. The van der Waals surface area contributed by atoms with Gasteiger partial charge in [-0.1, -0.05) is 54.6 Å². The van der Waals surface area contributed by atoms with E-state index in [4.69, 9.17) is 14.6 Å². The molecule has 0 aliphatic carbocycles. The van der Waals surface area contributed by atoms with E-state index in [1.54, 1.807) is 36.4 Å². The summed E-state index contributed by atoms with van der Waals surface area (Å²) < 4.78 is 92.8. The SMILES string of the molecule is O=C(O)CN1C(=O)SC(=Cc2cc3cc(OCc4ccccc4)ccc3n2Cc2ccc(COc3cc(C(F)(F)F)cc(C(F)(F)F)c3)cc2)C1=O. The van der Waals surface area contributed by atoms with Crippen molar-refractivity contribution in [3.05, 3.63) is 135 Å². The van der Waals surface area contributed by atoms with Gasteiger partial charge in [0.15, 0.2) is 0 Å². The predicted molar refractivity (Wildman–Crippen MR) is 179 cm³/mol. The number of aromatic nitrogens is 1. The smallest absolute Gasteiger partial charge is 0.416 e. The maximum Gasteiger partial charge on any atom is 0.416 e. The Labute approximate surface area is 295 Å². The van der Waals surface area contributed by atoms with Gasteiger partial charge in [0.25, 0.3) is 11.1 Å². The van der Waals surface area contributed by atoms with E-state index in [-0.39, 0.29) is 24.1 Å². The number of carboxylic acid groups (broad SMARTS) is 1.